The van der Waals surface area contributed by atoms with E-state index in [2.05, 4.69) is 12.2 Å². The van der Waals surface area contributed by atoms with Crippen molar-refractivity contribution in [3.8, 4) is 11.5 Å². The number of carbonyl (C=O) groups is 2. The molecular weight excluding hydrogens is 438 g/mol. The summed E-state index contributed by atoms with van der Waals surface area (Å²) in [4.78, 5) is 29.0. The minimum atomic E-state index is -0.412. The molecule has 0 spiro atoms. The van der Waals surface area contributed by atoms with Gasteiger partial charge in [0.25, 0.3) is 0 Å². The fourth-order valence-corrected chi connectivity index (χ4v) is 5.49. The van der Waals surface area contributed by atoms with Crippen molar-refractivity contribution in [1.82, 2.24) is 4.90 Å². The van der Waals surface area contributed by atoms with Crippen molar-refractivity contribution in [3.63, 3.8) is 0 Å². The number of hydrogen-bond donors (Lipinski definition) is 0. The Morgan fingerprint density at radius 3 is 1.69 bits per heavy atom. The standard InChI is InChI=1S/C30H29NO4/c1-34-25-16-13-20(19-26(25)35-2)17-18-31-29(32)27-23(21-9-5-3-6-10-21)14-15-24(28(27)30(31)33)22-11-7-4-8-12-22/h3-16,19,23-24,27-28H,17-18H2,1-2H3/t23-,24+,27+,28-. The lowest BCUT2D eigenvalue weighted by Crippen LogP contribution is -2.33. The van der Waals surface area contributed by atoms with Crippen molar-refractivity contribution < 1.29 is 19.1 Å². The molecule has 0 aromatic heterocycles. The first-order chi connectivity index (χ1) is 17.1. The molecule has 5 nitrogen and oxygen atoms in total. The topological polar surface area (TPSA) is 55.8 Å². The maximum absolute atomic E-state index is 13.8. The molecule has 1 saturated heterocycles. The van der Waals surface area contributed by atoms with Crippen LogP contribution in [-0.2, 0) is 16.0 Å². The van der Waals surface area contributed by atoms with Crippen molar-refractivity contribution in [2.75, 3.05) is 20.8 Å². The molecule has 35 heavy (non-hydrogen) atoms. The largest absolute Gasteiger partial charge is 0.493 e. The summed E-state index contributed by atoms with van der Waals surface area (Å²) in [6.45, 7) is 0.336. The Morgan fingerprint density at radius 2 is 1.20 bits per heavy atom. The first-order valence-electron chi connectivity index (χ1n) is 12.0. The number of imide groups is 1. The maximum atomic E-state index is 13.8. The number of carbonyl (C=O) groups excluding carboxylic acids is 2. The second-order valence-electron chi connectivity index (χ2n) is 9.08. The number of allylic oxidation sites excluding steroid dienone is 2. The van der Waals surface area contributed by atoms with Gasteiger partial charge in [-0.3, -0.25) is 14.5 Å². The predicted molar refractivity (Wildman–Crippen MR) is 134 cm³/mol. The Hall–Kier alpha value is -3.86. The van der Waals surface area contributed by atoms with Crippen LogP contribution in [-0.4, -0.2) is 37.5 Å². The molecule has 0 radical (unpaired) electrons. The summed E-state index contributed by atoms with van der Waals surface area (Å²) in [5.41, 5.74) is 3.11. The van der Waals surface area contributed by atoms with Gasteiger partial charge in [0.15, 0.2) is 11.5 Å². The van der Waals surface area contributed by atoms with E-state index >= 15 is 0 Å². The smallest absolute Gasteiger partial charge is 0.234 e. The van der Waals surface area contributed by atoms with Gasteiger partial charge in [-0.15, -0.1) is 0 Å². The van der Waals surface area contributed by atoms with Gasteiger partial charge in [-0.25, -0.2) is 0 Å². The normalized spacial score (nSPS) is 23.3. The molecule has 4 atom stereocenters. The highest BCUT2D eigenvalue weighted by Gasteiger charge is 2.54. The number of likely N-dealkylation sites (tertiary alicyclic amines) is 1. The quantitative estimate of drug-likeness (QED) is 0.363. The number of nitrogens with zero attached hydrogens (tertiary/aromatic N) is 1. The minimum Gasteiger partial charge on any atom is -0.493 e. The summed E-state index contributed by atoms with van der Waals surface area (Å²) in [6, 6.07) is 25.7. The van der Waals surface area contributed by atoms with E-state index in [-0.39, 0.29) is 23.7 Å². The van der Waals surface area contributed by atoms with Gasteiger partial charge in [-0.1, -0.05) is 78.9 Å². The zero-order valence-corrected chi connectivity index (χ0v) is 20.0. The number of amides is 2. The van der Waals surface area contributed by atoms with E-state index in [1.54, 1.807) is 14.2 Å². The van der Waals surface area contributed by atoms with E-state index in [1.807, 2.05) is 78.9 Å². The highest BCUT2D eigenvalue weighted by atomic mass is 16.5. The van der Waals surface area contributed by atoms with Crippen molar-refractivity contribution in [3.05, 3.63) is 108 Å². The third kappa shape index (κ3) is 4.23. The van der Waals surface area contributed by atoms with Crippen LogP contribution in [0.15, 0.2) is 91.0 Å². The van der Waals surface area contributed by atoms with Crippen molar-refractivity contribution >= 4 is 11.8 Å². The molecule has 3 aromatic carbocycles. The SMILES string of the molecule is COc1ccc(CCN2C(=O)[C@@H]3[C@H](C2=O)[C@H](c2ccccc2)C=C[C@@H]3c2ccccc2)cc1OC. The molecule has 0 bridgehead atoms. The van der Waals surface area contributed by atoms with Gasteiger partial charge in [-0.2, -0.15) is 0 Å². The molecule has 5 heteroatoms. The average molecular weight is 468 g/mol. The zero-order chi connectivity index (χ0) is 24.4. The van der Waals surface area contributed by atoms with Crippen molar-refractivity contribution in [1.29, 1.82) is 0 Å². The lowest BCUT2D eigenvalue weighted by molar-refractivity contribution is -0.139. The summed E-state index contributed by atoms with van der Waals surface area (Å²) < 4.78 is 10.7. The molecule has 0 saturated carbocycles. The third-order valence-corrected chi connectivity index (χ3v) is 7.23. The third-order valence-electron chi connectivity index (χ3n) is 7.23. The summed E-state index contributed by atoms with van der Waals surface area (Å²) in [7, 11) is 3.20. The van der Waals surface area contributed by atoms with E-state index in [4.69, 9.17) is 9.47 Å². The average Bonchev–Trinajstić information content (AvgIpc) is 3.17. The second-order valence-corrected chi connectivity index (χ2v) is 9.08. The van der Waals surface area contributed by atoms with Crippen LogP contribution >= 0.6 is 0 Å². The number of benzene rings is 3. The zero-order valence-electron chi connectivity index (χ0n) is 20.0. The van der Waals surface area contributed by atoms with Crippen LogP contribution < -0.4 is 9.47 Å². The van der Waals surface area contributed by atoms with Gasteiger partial charge in [0.05, 0.1) is 26.1 Å². The van der Waals surface area contributed by atoms with Crippen LogP contribution in [0.1, 0.15) is 28.5 Å². The summed E-state index contributed by atoms with van der Waals surface area (Å²) in [5.74, 6) is 0.0518. The monoisotopic (exact) mass is 467 g/mol. The summed E-state index contributed by atoms with van der Waals surface area (Å²) in [5, 5.41) is 0. The van der Waals surface area contributed by atoms with Crippen LogP contribution in [0, 0.1) is 11.8 Å². The molecule has 2 amide bonds. The first kappa shape index (κ1) is 22.9. The van der Waals surface area contributed by atoms with Crippen molar-refractivity contribution in [2.45, 2.75) is 18.3 Å². The fourth-order valence-electron chi connectivity index (χ4n) is 5.49. The lowest BCUT2D eigenvalue weighted by Gasteiger charge is -2.32. The van der Waals surface area contributed by atoms with E-state index in [9.17, 15) is 9.59 Å². The van der Waals surface area contributed by atoms with Crippen LogP contribution in [0.3, 0.4) is 0 Å². The van der Waals surface area contributed by atoms with Gasteiger partial charge in [-0.05, 0) is 35.2 Å². The van der Waals surface area contributed by atoms with Gasteiger partial charge < -0.3 is 9.47 Å². The van der Waals surface area contributed by atoms with Gasteiger partial charge in [0, 0.05) is 18.4 Å². The van der Waals surface area contributed by atoms with Gasteiger partial charge in [0.1, 0.15) is 0 Å². The predicted octanol–water partition coefficient (Wildman–Crippen LogP) is 4.98. The van der Waals surface area contributed by atoms with Crippen LogP contribution in [0.25, 0.3) is 0 Å². The maximum Gasteiger partial charge on any atom is 0.234 e. The molecule has 1 fully saturated rings. The molecule has 1 aliphatic heterocycles. The van der Waals surface area contributed by atoms with Crippen LogP contribution in [0.2, 0.25) is 0 Å². The Kier molecular flexibility index (Phi) is 6.41. The van der Waals surface area contributed by atoms with E-state index < -0.39 is 11.8 Å². The van der Waals surface area contributed by atoms with Crippen LogP contribution in [0.4, 0.5) is 0 Å². The molecule has 0 N–H and O–H groups in total. The number of hydrogen-bond acceptors (Lipinski definition) is 4. The lowest BCUT2D eigenvalue weighted by atomic mass is 9.68. The molecular formula is C30H29NO4. The number of rotatable bonds is 7. The Bertz CT molecular complexity index is 1170. The highest BCUT2D eigenvalue weighted by molar-refractivity contribution is 6.06. The van der Waals surface area contributed by atoms with E-state index in [0.717, 1.165) is 16.7 Å². The number of methoxy groups -OCH3 is 2. The van der Waals surface area contributed by atoms with E-state index in [1.165, 1.54) is 4.90 Å². The molecule has 0 unspecified atom stereocenters. The minimum absolute atomic E-state index is 0.0837. The highest BCUT2D eigenvalue weighted by Crippen LogP contribution is 2.49. The Balaban J connectivity index is 1.45. The summed E-state index contributed by atoms with van der Waals surface area (Å²) >= 11 is 0. The molecule has 1 aliphatic carbocycles. The molecule has 2 aliphatic rings. The second kappa shape index (κ2) is 9.79. The Labute approximate surface area is 206 Å². The molecule has 178 valence electrons. The molecule has 3 aromatic rings. The van der Waals surface area contributed by atoms with Crippen molar-refractivity contribution in [2.24, 2.45) is 11.8 Å². The first-order valence-corrected chi connectivity index (χ1v) is 12.0. The molecule has 5 rings (SSSR count). The number of fused-ring (bicyclic) bond motifs is 1. The summed E-state index contributed by atoms with van der Waals surface area (Å²) in [6.07, 6.45) is 4.80. The van der Waals surface area contributed by atoms with Gasteiger partial charge >= 0.3 is 0 Å². The van der Waals surface area contributed by atoms with Gasteiger partial charge in [0.2, 0.25) is 11.8 Å². The Morgan fingerprint density at radius 1 is 0.686 bits per heavy atom. The molecule has 1 heterocycles. The number of ether oxygens (including phenoxy) is 2. The van der Waals surface area contributed by atoms with E-state index in [0.29, 0.717) is 24.5 Å². The van der Waals surface area contributed by atoms with Crippen LogP contribution in [0.5, 0.6) is 11.5 Å². The fraction of sp³-hybridized carbons (Fsp3) is 0.267.